The molecule has 3 N–H and O–H groups in total. The molecule has 0 bridgehead atoms. The predicted octanol–water partition coefficient (Wildman–Crippen LogP) is 2.25. The fourth-order valence-corrected chi connectivity index (χ4v) is 3.20. The highest BCUT2D eigenvalue weighted by Crippen LogP contribution is 2.15. The number of rotatable bonds is 7. The van der Waals surface area contributed by atoms with Gasteiger partial charge in [0.25, 0.3) is 0 Å². The van der Waals surface area contributed by atoms with Crippen LogP contribution < -0.4 is 11.1 Å². The maximum absolute atomic E-state index is 6.05. The van der Waals surface area contributed by atoms with Crippen molar-refractivity contribution in [2.75, 3.05) is 33.7 Å². The van der Waals surface area contributed by atoms with E-state index in [2.05, 4.69) is 65.4 Å². The highest BCUT2D eigenvalue weighted by molar-refractivity contribution is 14.0. The predicted molar refractivity (Wildman–Crippen MR) is 113 cm³/mol. The van der Waals surface area contributed by atoms with E-state index in [9.17, 15) is 0 Å². The standard InChI is InChI=1S/C18H31N5.HI/c1-4-23-11-7-10-17(23)13-21-18(19)20-12-15-8-5-6-9-16(15)14-22(2)3;/h5-6,8-9,17H,4,7,10-14H2,1-3H3,(H3,19,20,21);1H. The minimum Gasteiger partial charge on any atom is -0.370 e. The zero-order chi connectivity index (χ0) is 16.7. The smallest absolute Gasteiger partial charge is 0.188 e. The van der Waals surface area contributed by atoms with Gasteiger partial charge in [0.2, 0.25) is 0 Å². The molecule has 5 nitrogen and oxygen atoms in total. The molecule has 24 heavy (non-hydrogen) atoms. The monoisotopic (exact) mass is 445 g/mol. The lowest BCUT2D eigenvalue weighted by atomic mass is 10.1. The topological polar surface area (TPSA) is 56.9 Å². The van der Waals surface area contributed by atoms with Crippen molar-refractivity contribution in [2.45, 2.75) is 38.9 Å². The summed E-state index contributed by atoms with van der Waals surface area (Å²) in [4.78, 5) is 9.20. The van der Waals surface area contributed by atoms with Gasteiger partial charge in [-0.3, -0.25) is 4.90 Å². The molecule has 0 radical (unpaired) electrons. The molecule has 0 aromatic heterocycles. The Morgan fingerprint density at radius 1 is 1.33 bits per heavy atom. The van der Waals surface area contributed by atoms with E-state index in [1.165, 1.54) is 30.5 Å². The molecule has 1 saturated heterocycles. The molecule has 1 fully saturated rings. The molecule has 6 heteroatoms. The number of aliphatic imine (C=N–C) groups is 1. The summed E-state index contributed by atoms with van der Waals surface area (Å²) in [5.41, 5.74) is 8.59. The van der Waals surface area contributed by atoms with Crippen LogP contribution in [0.2, 0.25) is 0 Å². The number of guanidine groups is 1. The maximum atomic E-state index is 6.05. The molecule has 0 spiro atoms. The Hall–Kier alpha value is -0.860. The molecule has 1 aliphatic rings. The van der Waals surface area contributed by atoms with Crippen LogP contribution >= 0.6 is 24.0 Å². The highest BCUT2D eigenvalue weighted by atomic mass is 127. The third-order valence-electron chi connectivity index (χ3n) is 4.45. The van der Waals surface area contributed by atoms with Crippen molar-refractivity contribution < 1.29 is 0 Å². The lowest BCUT2D eigenvalue weighted by Crippen LogP contribution is -2.42. The van der Waals surface area contributed by atoms with Crippen molar-refractivity contribution in [1.82, 2.24) is 15.1 Å². The van der Waals surface area contributed by atoms with E-state index in [4.69, 9.17) is 5.73 Å². The first-order valence-corrected chi connectivity index (χ1v) is 8.59. The lowest BCUT2D eigenvalue weighted by Gasteiger charge is -2.23. The summed E-state index contributed by atoms with van der Waals surface area (Å²) in [6, 6.07) is 9.02. The second-order valence-corrected chi connectivity index (χ2v) is 6.51. The Kier molecular flexibility index (Phi) is 9.61. The Morgan fingerprint density at radius 2 is 2.04 bits per heavy atom. The van der Waals surface area contributed by atoms with Crippen LogP contribution in [0.3, 0.4) is 0 Å². The van der Waals surface area contributed by atoms with Crippen LogP contribution in [0.1, 0.15) is 30.9 Å². The number of nitrogens with two attached hydrogens (primary N) is 1. The number of hydrogen-bond donors (Lipinski definition) is 2. The summed E-state index contributed by atoms with van der Waals surface area (Å²) in [6.07, 6.45) is 2.54. The quantitative estimate of drug-likeness (QED) is 0.384. The van der Waals surface area contributed by atoms with Gasteiger partial charge in [-0.1, -0.05) is 31.2 Å². The van der Waals surface area contributed by atoms with Gasteiger partial charge in [0.15, 0.2) is 5.96 Å². The first-order chi connectivity index (χ1) is 11.1. The average molecular weight is 445 g/mol. The van der Waals surface area contributed by atoms with Gasteiger partial charge in [-0.2, -0.15) is 0 Å². The molecule has 1 aliphatic heterocycles. The molecular weight excluding hydrogens is 413 g/mol. The van der Waals surface area contributed by atoms with E-state index in [-0.39, 0.29) is 24.0 Å². The van der Waals surface area contributed by atoms with Gasteiger partial charge >= 0.3 is 0 Å². The van der Waals surface area contributed by atoms with Gasteiger partial charge in [0.1, 0.15) is 0 Å². The third-order valence-corrected chi connectivity index (χ3v) is 4.45. The van der Waals surface area contributed by atoms with Crippen molar-refractivity contribution in [3.8, 4) is 0 Å². The van der Waals surface area contributed by atoms with E-state index in [0.717, 1.165) is 19.6 Å². The summed E-state index contributed by atoms with van der Waals surface area (Å²) < 4.78 is 0. The minimum absolute atomic E-state index is 0. The van der Waals surface area contributed by atoms with Crippen LogP contribution in [0.4, 0.5) is 0 Å². The molecule has 2 rings (SSSR count). The molecule has 0 aliphatic carbocycles. The largest absolute Gasteiger partial charge is 0.370 e. The number of halogens is 1. The molecule has 1 heterocycles. The molecule has 1 aromatic carbocycles. The van der Waals surface area contributed by atoms with Gasteiger partial charge in [-0.25, -0.2) is 4.99 Å². The van der Waals surface area contributed by atoms with Gasteiger partial charge in [-0.05, 0) is 51.2 Å². The number of likely N-dealkylation sites (tertiary alicyclic amines) is 1. The number of nitrogens with one attached hydrogen (secondary N) is 1. The van der Waals surface area contributed by atoms with Crippen LogP contribution in [0, 0.1) is 0 Å². The summed E-state index contributed by atoms with van der Waals surface area (Å²) in [6.45, 7) is 6.98. The van der Waals surface area contributed by atoms with Crippen LogP contribution in [0.25, 0.3) is 0 Å². The molecule has 1 atom stereocenters. The summed E-state index contributed by atoms with van der Waals surface area (Å²) in [7, 11) is 4.16. The van der Waals surface area contributed by atoms with Crippen molar-refractivity contribution in [1.29, 1.82) is 0 Å². The van der Waals surface area contributed by atoms with Gasteiger partial charge in [0, 0.05) is 19.1 Å². The maximum Gasteiger partial charge on any atom is 0.188 e. The highest BCUT2D eigenvalue weighted by Gasteiger charge is 2.22. The zero-order valence-corrected chi connectivity index (χ0v) is 17.5. The number of nitrogens with zero attached hydrogens (tertiary/aromatic N) is 3. The molecular formula is C18H32IN5. The van der Waals surface area contributed by atoms with Gasteiger partial charge in [0.05, 0.1) is 6.54 Å². The van der Waals surface area contributed by atoms with Crippen molar-refractivity contribution in [3.05, 3.63) is 35.4 Å². The van der Waals surface area contributed by atoms with Crippen LogP contribution in [0.5, 0.6) is 0 Å². The Labute approximate surface area is 163 Å². The number of likely N-dealkylation sites (N-methyl/N-ethyl adjacent to an activating group) is 1. The van der Waals surface area contributed by atoms with Crippen molar-refractivity contribution in [3.63, 3.8) is 0 Å². The average Bonchev–Trinajstić information content (AvgIpc) is 2.99. The Balaban J connectivity index is 0.00000288. The number of hydrogen-bond acceptors (Lipinski definition) is 3. The first-order valence-electron chi connectivity index (χ1n) is 8.59. The molecule has 1 aromatic rings. The summed E-state index contributed by atoms with van der Waals surface area (Å²) in [5.74, 6) is 0.549. The van der Waals surface area contributed by atoms with E-state index < -0.39 is 0 Å². The van der Waals surface area contributed by atoms with Crippen LogP contribution in [0.15, 0.2) is 29.3 Å². The molecule has 136 valence electrons. The van der Waals surface area contributed by atoms with E-state index in [0.29, 0.717) is 18.5 Å². The van der Waals surface area contributed by atoms with Crippen LogP contribution in [-0.2, 0) is 13.1 Å². The summed E-state index contributed by atoms with van der Waals surface area (Å²) >= 11 is 0. The normalized spacial score (nSPS) is 18.7. The van der Waals surface area contributed by atoms with Crippen molar-refractivity contribution in [2.24, 2.45) is 10.7 Å². The molecule has 0 saturated carbocycles. The Bertz CT molecular complexity index is 518. The second kappa shape index (κ2) is 10.9. The van der Waals surface area contributed by atoms with E-state index in [1.807, 2.05) is 0 Å². The fraction of sp³-hybridized carbons (Fsp3) is 0.611. The van der Waals surface area contributed by atoms with Gasteiger partial charge < -0.3 is 16.0 Å². The molecule has 1 unspecified atom stereocenters. The Morgan fingerprint density at radius 3 is 2.71 bits per heavy atom. The second-order valence-electron chi connectivity index (χ2n) is 6.51. The molecule has 0 amide bonds. The third kappa shape index (κ3) is 6.57. The van der Waals surface area contributed by atoms with Gasteiger partial charge in [-0.15, -0.1) is 24.0 Å². The van der Waals surface area contributed by atoms with E-state index in [1.54, 1.807) is 0 Å². The minimum atomic E-state index is 0. The van der Waals surface area contributed by atoms with Crippen LogP contribution in [-0.4, -0.2) is 55.5 Å². The first kappa shape index (κ1) is 21.2. The summed E-state index contributed by atoms with van der Waals surface area (Å²) in [5, 5.41) is 3.30. The van der Waals surface area contributed by atoms with Crippen molar-refractivity contribution >= 4 is 29.9 Å². The number of benzene rings is 1. The van der Waals surface area contributed by atoms with E-state index >= 15 is 0 Å². The SMILES string of the molecule is CCN1CCCC1CNC(N)=NCc1ccccc1CN(C)C.I. The zero-order valence-electron chi connectivity index (χ0n) is 15.2. The fourth-order valence-electron chi connectivity index (χ4n) is 3.20. The lowest BCUT2D eigenvalue weighted by molar-refractivity contribution is 0.267.